The lowest BCUT2D eigenvalue weighted by atomic mass is 10.1. The summed E-state index contributed by atoms with van der Waals surface area (Å²) >= 11 is 0. The van der Waals surface area contributed by atoms with Crippen LogP contribution in [0.3, 0.4) is 0 Å². The molecular weight excluding hydrogens is 548 g/mol. The van der Waals surface area contributed by atoms with Crippen LogP contribution in [0.5, 0.6) is 0 Å². The van der Waals surface area contributed by atoms with Crippen LogP contribution in [0.2, 0.25) is 0 Å². The van der Waals surface area contributed by atoms with Gasteiger partial charge in [0.15, 0.2) is 0 Å². The van der Waals surface area contributed by atoms with E-state index in [0.717, 1.165) is 38.6 Å². The van der Waals surface area contributed by atoms with Gasteiger partial charge >= 0.3 is 5.97 Å². The van der Waals surface area contributed by atoms with E-state index in [1.54, 1.807) is 6.07 Å². The van der Waals surface area contributed by atoms with Gasteiger partial charge in [0.2, 0.25) is 11.8 Å². The molecule has 0 aromatic heterocycles. The van der Waals surface area contributed by atoms with E-state index in [1.807, 2.05) is 0 Å². The topological polar surface area (TPSA) is 171 Å². The van der Waals surface area contributed by atoms with Crippen molar-refractivity contribution >= 4 is 39.4 Å². The number of hydrogen-bond acceptors (Lipinski definition) is 7. The lowest BCUT2D eigenvalue weighted by molar-refractivity contribution is -0.137. The third-order valence-corrected chi connectivity index (χ3v) is 9.12. The molecule has 0 radical (unpaired) electrons. The summed E-state index contributed by atoms with van der Waals surface area (Å²) in [4.78, 5) is 48.7. The number of rotatable bonds is 18. The first-order valence-corrected chi connectivity index (χ1v) is 15.9. The predicted molar refractivity (Wildman–Crippen MR) is 154 cm³/mol. The summed E-state index contributed by atoms with van der Waals surface area (Å²) in [5.41, 5.74) is -1.35. The lowest BCUT2D eigenvalue weighted by Gasteiger charge is -2.20. The Hall–Kier alpha value is -3.25. The van der Waals surface area contributed by atoms with Crippen molar-refractivity contribution in [1.29, 1.82) is 0 Å². The minimum atomic E-state index is -4.38. The fourth-order valence-electron chi connectivity index (χ4n) is 5.31. The van der Waals surface area contributed by atoms with Crippen LogP contribution in [-0.2, 0) is 29.2 Å². The molecule has 2 fully saturated rings. The van der Waals surface area contributed by atoms with E-state index in [4.69, 9.17) is 5.11 Å². The first-order valence-electron chi connectivity index (χ1n) is 14.4. The van der Waals surface area contributed by atoms with Crippen LogP contribution in [0.4, 0.5) is 5.69 Å². The van der Waals surface area contributed by atoms with Gasteiger partial charge in [-0.3, -0.25) is 19.2 Å². The molecule has 0 spiro atoms. The third-order valence-electron chi connectivity index (χ3n) is 7.73. The van der Waals surface area contributed by atoms with Gasteiger partial charge < -0.3 is 21.1 Å². The van der Waals surface area contributed by atoms with Gasteiger partial charge in [0.05, 0.1) is 12.2 Å². The van der Waals surface area contributed by atoms with E-state index in [1.165, 1.54) is 37.1 Å². The van der Waals surface area contributed by atoms with E-state index in [-0.39, 0.29) is 42.3 Å². The van der Waals surface area contributed by atoms with E-state index in [0.29, 0.717) is 18.8 Å². The maximum absolute atomic E-state index is 13.3. The SMILES string of the molecule is C=C[C@@H]1C[C@@]1(NC(=O)CNCC1CCCC1)C(=O)NS(=O)(=O)c1ccccc1NC(=O)CCCCCCCC(=O)O. The summed E-state index contributed by atoms with van der Waals surface area (Å²) in [7, 11) is -4.38. The predicted octanol–water partition coefficient (Wildman–Crippen LogP) is 3.09. The molecule has 3 rings (SSSR count). The van der Waals surface area contributed by atoms with Crippen LogP contribution in [0, 0.1) is 11.8 Å². The van der Waals surface area contributed by atoms with Crippen LogP contribution in [0.15, 0.2) is 41.8 Å². The van der Waals surface area contributed by atoms with Crippen molar-refractivity contribution in [3.8, 4) is 0 Å². The Morgan fingerprint density at radius 2 is 1.63 bits per heavy atom. The Morgan fingerprint density at radius 1 is 0.976 bits per heavy atom. The molecule has 0 heterocycles. The third kappa shape index (κ3) is 9.67. The number of benzene rings is 1. The number of para-hydroxylation sites is 1. The first-order chi connectivity index (χ1) is 19.6. The number of carbonyl (C=O) groups is 4. The van der Waals surface area contributed by atoms with Gasteiger partial charge in [-0.05, 0) is 56.7 Å². The van der Waals surface area contributed by atoms with Gasteiger partial charge in [0.25, 0.3) is 15.9 Å². The summed E-state index contributed by atoms with van der Waals surface area (Å²) < 4.78 is 28.6. The maximum Gasteiger partial charge on any atom is 0.303 e. The Balaban J connectivity index is 1.54. The van der Waals surface area contributed by atoms with Gasteiger partial charge in [0.1, 0.15) is 10.4 Å². The molecule has 2 atom stereocenters. The highest BCUT2D eigenvalue weighted by Crippen LogP contribution is 2.45. The second-order valence-electron chi connectivity index (χ2n) is 11.0. The molecule has 1 aromatic rings. The monoisotopic (exact) mass is 590 g/mol. The molecule has 5 N–H and O–H groups in total. The number of nitrogens with one attached hydrogen (secondary N) is 4. The fraction of sp³-hybridized carbons (Fsp3) is 0.586. The maximum atomic E-state index is 13.3. The van der Waals surface area contributed by atoms with Crippen LogP contribution < -0.4 is 20.7 Å². The molecule has 0 bridgehead atoms. The molecule has 12 heteroatoms. The van der Waals surface area contributed by atoms with Crippen molar-refractivity contribution in [3.63, 3.8) is 0 Å². The van der Waals surface area contributed by atoms with E-state index in [2.05, 4.69) is 27.3 Å². The molecule has 11 nitrogen and oxygen atoms in total. The number of amides is 3. The highest BCUT2D eigenvalue weighted by atomic mass is 32.2. The molecule has 2 saturated carbocycles. The minimum Gasteiger partial charge on any atom is -0.481 e. The van der Waals surface area contributed by atoms with Crippen LogP contribution >= 0.6 is 0 Å². The largest absolute Gasteiger partial charge is 0.481 e. The first kappa shape index (κ1) is 32.3. The molecule has 3 amide bonds. The van der Waals surface area contributed by atoms with E-state index in [9.17, 15) is 27.6 Å². The van der Waals surface area contributed by atoms with Crippen molar-refractivity contribution in [2.45, 2.75) is 87.5 Å². The van der Waals surface area contributed by atoms with Crippen molar-refractivity contribution in [1.82, 2.24) is 15.4 Å². The smallest absolute Gasteiger partial charge is 0.303 e. The van der Waals surface area contributed by atoms with Gasteiger partial charge in [-0.2, -0.15) is 0 Å². The Kier molecular flexibility index (Phi) is 11.9. The average molecular weight is 591 g/mol. The number of carboxylic acid groups (broad SMARTS) is 1. The number of carbonyl (C=O) groups excluding carboxylic acids is 3. The summed E-state index contributed by atoms with van der Waals surface area (Å²) in [6, 6.07) is 5.81. The number of carboxylic acids is 1. The molecule has 1 aromatic carbocycles. The lowest BCUT2D eigenvalue weighted by Crippen LogP contribution is -2.53. The summed E-state index contributed by atoms with van der Waals surface area (Å²) in [6.07, 6.45) is 10.2. The molecule has 2 aliphatic carbocycles. The second kappa shape index (κ2) is 15.1. The molecule has 0 unspecified atom stereocenters. The zero-order chi connectivity index (χ0) is 29.9. The second-order valence-corrected chi connectivity index (χ2v) is 12.6. The van der Waals surface area contributed by atoms with Crippen LogP contribution in [0.1, 0.15) is 77.0 Å². The minimum absolute atomic E-state index is 0.0271. The van der Waals surface area contributed by atoms with Gasteiger partial charge in [-0.25, -0.2) is 13.1 Å². The number of aliphatic carboxylic acids is 1. The number of unbranched alkanes of at least 4 members (excludes halogenated alkanes) is 4. The number of hydrogen-bond donors (Lipinski definition) is 5. The normalized spacial score (nSPS) is 20.2. The molecule has 0 aliphatic heterocycles. The van der Waals surface area contributed by atoms with E-state index >= 15 is 0 Å². The standard InChI is InChI=1S/C29H42N4O7S/c1-2-22-18-29(22,32-26(35)20-30-19-21-12-8-9-13-21)28(38)33-41(39,40)24-15-11-10-14-23(24)31-25(34)16-6-4-3-5-7-17-27(36)37/h2,10-11,14-15,21-22,30H,1,3-9,12-13,16-20H2,(H,31,34)(H,32,35)(H,33,38)(H,36,37)/t22-,29+/m1/s1. The molecular formula is C29H42N4O7S. The highest BCUT2D eigenvalue weighted by Gasteiger charge is 2.60. The van der Waals surface area contributed by atoms with Crippen molar-refractivity contribution in [2.24, 2.45) is 11.8 Å². The fourth-order valence-corrected chi connectivity index (χ4v) is 6.51. The zero-order valence-electron chi connectivity index (χ0n) is 23.5. The zero-order valence-corrected chi connectivity index (χ0v) is 24.3. The van der Waals surface area contributed by atoms with Gasteiger partial charge in [-0.15, -0.1) is 6.58 Å². The van der Waals surface area contributed by atoms with Crippen LogP contribution in [0.25, 0.3) is 0 Å². The van der Waals surface area contributed by atoms with E-state index < -0.39 is 39.3 Å². The molecule has 226 valence electrons. The highest BCUT2D eigenvalue weighted by molar-refractivity contribution is 7.90. The summed E-state index contributed by atoms with van der Waals surface area (Å²) in [5.74, 6) is -2.30. The molecule has 2 aliphatic rings. The van der Waals surface area contributed by atoms with Crippen molar-refractivity contribution in [2.75, 3.05) is 18.4 Å². The number of anilines is 1. The molecule has 41 heavy (non-hydrogen) atoms. The Bertz CT molecular complexity index is 1210. The Morgan fingerprint density at radius 3 is 2.29 bits per heavy atom. The van der Waals surface area contributed by atoms with Crippen molar-refractivity contribution < 1.29 is 32.7 Å². The molecule has 0 saturated heterocycles. The summed E-state index contributed by atoms with van der Waals surface area (Å²) in [5, 5.41) is 17.1. The van der Waals surface area contributed by atoms with Gasteiger partial charge in [-0.1, -0.05) is 50.3 Å². The van der Waals surface area contributed by atoms with Gasteiger partial charge in [0, 0.05) is 18.8 Å². The van der Waals surface area contributed by atoms with Crippen molar-refractivity contribution in [3.05, 3.63) is 36.9 Å². The quantitative estimate of drug-likeness (QED) is 0.128. The Labute approximate surface area is 242 Å². The average Bonchev–Trinajstić information content (AvgIpc) is 3.38. The number of sulfonamides is 1. The summed E-state index contributed by atoms with van der Waals surface area (Å²) in [6.45, 7) is 4.46. The van der Waals surface area contributed by atoms with Crippen LogP contribution in [-0.4, -0.2) is 55.8 Å².